The Kier molecular flexibility index (Phi) is 4.08. The van der Waals surface area contributed by atoms with Crippen LogP contribution in [0.1, 0.15) is 50.3 Å². The molecule has 4 nitrogen and oxygen atoms in total. The molecule has 3 aromatic rings. The first-order chi connectivity index (χ1) is 13.6. The lowest BCUT2D eigenvalue weighted by Gasteiger charge is -2.55. The van der Waals surface area contributed by atoms with Gasteiger partial charge in [-0.15, -0.1) is 0 Å². The van der Waals surface area contributed by atoms with Crippen LogP contribution in [0.2, 0.25) is 0 Å². The van der Waals surface area contributed by atoms with Crippen molar-refractivity contribution in [3.8, 4) is 0 Å². The lowest BCUT2D eigenvalue weighted by atomic mass is 9.63. The molecule has 0 radical (unpaired) electrons. The van der Waals surface area contributed by atoms with Crippen LogP contribution in [0.4, 0.5) is 17.5 Å². The SMILES string of the molecule is Cc1ccc([C@H](C)Nc2nccc(N3c4ccccc4C4CC3C4C)n2)cc1.[HH]. The van der Waals surface area contributed by atoms with Crippen LogP contribution in [0.15, 0.2) is 60.8 Å². The first-order valence-electron chi connectivity index (χ1n) is 10.2. The van der Waals surface area contributed by atoms with Crippen LogP contribution in [0, 0.1) is 12.8 Å². The largest absolute Gasteiger partial charge is 0.348 e. The highest BCUT2D eigenvalue weighted by Gasteiger charge is 2.48. The lowest BCUT2D eigenvalue weighted by Crippen LogP contribution is -2.53. The predicted molar refractivity (Wildman–Crippen MR) is 116 cm³/mol. The minimum absolute atomic E-state index is 0. The molecule has 0 spiro atoms. The van der Waals surface area contributed by atoms with Crippen LogP contribution < -0.4 is 10.2 Å². The van der Waals surface area contributed by atoms with Crippen LogP contribution in [0.25, 0.3) is 0 Å². The van der Waals surface area contributed by atoms with Gasteiger partial charge in [0.05, 0.1) is 6.04 Å². The third kappa shape index (κ3) is 2.75. The van der Waals surface area contributed by atoms with Gasteiger partial charge in [-0.3, -0.25) is 0 Å². The quantitative estimate of drug-likeness (QED) is 0.624. The van der Waals surface area contributed by atoms with Crippen molar-refractivity contribution >= 4 is 17.5 Å². The van der Waals surface area contributed by atoms with E-state index in [0.29, 0.717) is 23.8 Å². The highest BCUT2D eigenvalue weighted by molar-refractivity contribution is 5.70. The van der Waals surface area contributed by atoms with Gasteiger partial charge in [-0.1, -0.05) is 55.0 Å². The summed E-state index contributed by atoms with van der Waals surface area (Å²) >= 11 is 0. The van der Waals surface area contributed by atoms with E-state index in [4.69, 9.17) is 4.98 Å². The number of aryl methyl sites for hydroxylation is 1. The number of hydrogen-bond donors (Lipinski definition) is 1. The van der Waals surface area contributed by atoms with E-state index in [-0.39, 0.29) is 7.47 Å². The summed E-state index contributed by atoms with van der Waals surface area (Å²) in [5.41, 5.74) is 5.26. The van der Waals surface area contributed by atoms with Crippen LogP contribution >= 0.6 is 0 Å². The van der Waals surface area contributed by atoms with Crippen LogP contribution in [-0.2, 0) is 0 Å². The molecule has 1 fully saturated rings. The molecule has 1 aliphatic carbocycles. The minimum atomic E-state index is 0. The van der Waals surface area contributed by atoms with Gasteiger partial charge in [0.25, 0.3) is 0 Å². The summed E-state index contributed by atoms with van der Waals surface area (Å²) in [7, 11) is 0. The summed E-state index contributed by atoms with van der Waals surface area (Å²) in [6, 6.07) is 20.1. The molecule has 2 bridgehead atoms. The molecule has 2 aliphatic heterocycles. The number of aromatic nitrogens is 2. The molecule has 4 atom stereocenters. The Labute approximate surface area is 168 Å². The van der Waals surface area contributed by atoms with Crippen molar-refractivity contribution in [2.24, 2.45) is 5.92 Å². The van der Waals surface area contributed by atoms with Crippen LogP contribution in [0.3, 0.4) is 0 Å². The third-order valence-corrected chi connectivity index (χ3v) is 6.48. The maximum Gasteiger partial charge on any atom is 0.225 e. The Bertz CT molecular complexity index is 1000. The number of benzene rings is 2. The highest BCUT2D eigenvalue weighted by Crippen LogP contribution is 2.56. The summed E-state index contributed by atoms with van der Waals surface area (Å²) in [6.07, 6.45) is 3.08. The fourth-order valence-corrected chi connectivity index (χ4v) is 4.69. The Morgan fingerprint density at radius 3 is 2.68 bits per heavy atom. The number of nitrogens with one attached hydrogen (secondary N) is 1. The summed E-state index contributed by atoms with van der Waals surface area (Å²) < 4.78 is 0. The summed E-state index contributed by atoms with van der Waals surface area (Å²) in [5, 5.41) is 3.47. The molecule has 6 rings (SSSR count). The predicted octanol–water partition coefficient (Wildman–Crippen LogP) is 5.85. The van der Waals surface area contributed by atoms with E-state index in [9.17, 15) is 0 Å². The molecule has 4 heteroatoms. The van der Waals surface area contributed by atoms with Gasteiger partial charge >= 0.3 is 0 Å². The maximum absolute atomic E-state index is 4.89. The summed E-state index contributed by atoms with van der Waals surface area (Å²) in [5.74, 6) is 3.01. The zero-order chi connectivity index (χ0) is 19.3. The molecule has 3 heterocycles. The molecular formula is C24H28N4. The first kappa shape index (κ1) is 17.2. The highest BCUT2D eigenvalue weighted by atomic mass is 15.3. The van der Waals surface area contributed by atoms with Crippen molar-refractivity contribution in [3.63, 3.8) is 0 Å². The van der Waals surface area contributed by atoms with Gasteiger partial charge in [-0.05, 0) is 55.4 Å². The van der Waals surface area contributed by atoms with Gasteiger partial charge in [0.1, 0.15) is 5.82 Å². The molecule has 144 valence electrons. The molecule has 3 aliphatic rings. The Morgan fingerprint density at radius 1 is 1.11 bits per heavy atom. The fraction of sp³-hybridized carbons (Fsp3) is 0.333. The van der Waals surface area contributed by atoms with E-state index in [1.807, 2.05) is 12.3 Å². The molecule has 2 aromatic carbocycles. The zero-order valence-electron chi connectivity index (χ0n) is 16.6. The monoisotopic (exact) mass is 372 g/mol. The molecule has 0 saturated heterocycles. The second-order valence-corrected chi connectivity index (χ2v) is 8.21. The van der Waals surface area contributed by atoms with E-state index >= 15 is 0 Å². The van der Waals surface area contributed by atoms with Crippen molar-refractivity contribution in [3.05, 3.63) is 77.5 Å². The van der Waals surface area contributed by atoms with Gasteiger partial charge in [-0.2, -0.15) is 4.98 Å². The van der Waals surface area contributed by atoms with Crippen molar-refractivity contribution in [1.82, 2.24) is 9.97 Å². The maximum atomic E-state index is 4.89. The topological polar surface area (TPSA) is 41.1 Å². The van der Waals surface area contributed by atoms with Crippen molar-refractivity contribution in [2.45, 2.75) is 45.2 Å². The van der Waals surface area contributed by atoms with Crippen LogP contribution in [-0.4, -0.2) is 16.0 Å². The Morgan fingerprint density at radius 2 is 1.89 bits per heavy atom. The normalized spacial score (nSPS) is 23.5. The number of nitrogens with zero attached hydrogens (tertiary/aromatic N) is 3. The molecule has 1 aromatic heterocycles. The molecule has 1 saturated carbocycles. The standard InChI is InChI=1S/C24H26N4.H2/c1-15-8-10-18(11-9-15)17(3)26-24-25-13-12-23(27-24)28-21-7-5-4-6-19(21)20-14-22(28)16(20)2;/h4-13,16-17,20,22H,14H2,1-3H3,(H,25,26,27);1H/t16?,17-,20?,22?;/m0./s1. The lowest BCUT2D eigenvalue weighted by molar-refractivity contribution is 0.208. The Balaban J connectivity index is 0.00000205. The first-order valence-corrected chi connectivity index (χ1v) is 10.2. The van der Waals surface area contributed by atoms with E-state index in [1.165, 1.54) is 28.8 Å². The number of hydrogen-bond acceptors (Lipinski definition) is 4. The average Bonchev–Trinajstić information content (AvgIpc) is 2.73. The molecule has 0 amide bonds. The van der Waals surface area contributed by atoms with Gasteiger partial charge < -0.3 is 10.2 Å². The number of para-hydroxylation sites is 1. The van der Waals surface area contributed by atoms with Crippen molar-refractivity contribution in [1.29, 1.82) is 0 Å². The van der Waals surface area contributed by atoms with E-state index in [2.05, 4.69) is 84.5 Å². The van der Waals surface area contributed by atoms with E-state index in [0.717, 1.165) is 5.82 Å². The fourth-order valence-electron chi connectivity index (χ4n) is 4.69. The zero-order valence-corrected chi connectivity index (χ0v) is 16.6. The van der Waals surface area contributed by atoms with Gasteiger partial charge in [-0.25, -0.2) is 4.98 Å². The van der Waals surface area contributed by atoms with Crippen molar-refractivity contribution < 1.29 is 1.43 Å². The van der Waals surface area contributed by atoms with E-state index in [1.54, 1.807) is 0 Å². The van der Waals surface area contributed by atoms with Crippen LogP contribution in [0.5, 0.6) is 0 Å². The molecule has 28 heavy (non-hydrogen) atoms. The summed E-state index contributed by atoms with van der Waals surface area (Å²) in [6.45, 7) is 6.62. The summed E-state index contributed by atoms with van der Waals surface area (Å²) in [4.78, 5) is 11.8. The second kappa shape index (κ2) is 6.62. The molecule has 3 unspecified atom stereocenters. The molecular weight excluding hydrogens is 344 g/mol. The van der Waals surface area contributed by atoms with Gasteiger partial charge in [0.2, 0.25) is 5.95 Å². The van der Waals surface area contributed by atoms with Gasteiger partial charge in [0, 0.05) is 19.4 Å². The van der Waals surface area contributed by atoms with Gasteiger partial charge in [0.15, 0.2) is 0 Å². The van der Waals surface area contributed by atoms with Crippen molar-refractivity contribution in [2.75, 3.05) is 10.2 Å². The molecule has 1 N–H and O–H groups in total. The smallest absolute Gasteiger partial charge is 0.225 e. The second-order valence-electron chi connectivity index (χ2n) is 8.21. The number of rotatable bonds is 4. The average molecular weight is 373 g/mol. The minimum Gasteiger partial charge on any atom is -0.348 e. The Hall–Kier alpha value is -2.88. The number of anilines is 3. The third-order valence-electron chi connectivity index (χ3n) is 6.48. The van der Waals surface area contributed by atoms with E-state index < -0.39 is 0 Å².